The van der Waals surface area contributed by atoms with Crippen LogP contribution in [0.25, 0.3) is 0 Å². The molecule has 0 radical (unpaired) electrons. The van der Waals surface area contributed by atoms with Crippen LogP contribution < -0.4 is 0 Å². The average Bonchev–Trinajstić information content (AvgIpc) is 2.99. The molecule has 1 aliphatic carbocycles. The molecule has 0 spiro atoms. The summed E-state index contributed by atoms with van der Waals surface area (Å²) in [5.74, 6) is 0.374. The fourth-order valence-corrected chi connectivity index (χ4v) is 3.99. The molecule has 5 heteroatoms. The Morgan fingerprint density at radius 1 is 1.23 bits per heavy atom. The first-order valence-electron chi connectivity index (χ1n) is 9.45. The van der Waals surface area contributed by atoms with Crippen LogP contribution in [0.5, 0.6) is 0 Å². The molecule has 2 aliphatic rings. The van der Waals surface area contributed by atoms with Gasteiger partial charge in [-0.15, -0.1) is 0 Å². The lowest BCUT2D eigenvalue weighted by Crippen LogP contribution is -2.36. The van der Waals surface area contributed by atoms with E-state index in [9.17, 15) is 4.79 Å². The van der Waals surface area contributed by atoms with Gasteiger partial charge in [0, 0.05) is 36.0 Å². The van der Waals surface area contributed by atoms with Crippen LogP contribution in [0.1, 0.15) is 39.3 Å². The van der Waals surface area contributed by atoms with E-state index in [-0.39, 0.29) is 11.8 Å². The second-order valence-electron chi connectivity index (χ2n) is 7.38. The average molecular weight is 351 g/mol. The highest BCUT2D eigenvalue weighted by Gasteiger charge is 2.25. The minimum absolute atomic E-state index is 0.120. The van der Waals surface area contributed by atoms with Gasteiger partial charge in [-0.2, -0.15) is 0 Å². The molecule has 0 N–H and O–H groups in total. The van der Waals surface area contributed by atoms with Gasteiger partial charge in [-0.1, -0.05) is 6.07 Å². The molecule has 1 aromatic heterocycles. The van der Waals surface area contributed by atoms with E-state index in [4.69, 9.17) is 4.74 Å². The molecule has 2 aromatic rings. The monoisotopic (exact) mass is 351 g/mol. The highest BCUT2D eigenvalue weighted by atomic mass is 16.5. The Balaban J connectivity index is 1.47. The summed E-state index contributed by atoms with van der Waals surface area (Å²) in [7, 11) is 0. The molecule has 1 atom stereocenters. The molecule has 136 valence electrons. The third kappa shape index (κ3) is 3.78. The van der Waals surface area contributed by atoms with Gasteiger partial charge in [0.05, 0.1) is 13.2 Å². The number of fused-ring (bicyclic) bond motifs is 1. The van der Waals surface area contributed by atoms with Gasteiger partial charge in [-0.3, -0.25) is 4.79 Å². The topological polar surface area (TPSA) is 55.3 Å². The Hall–Kier alpha value is -2.27. The zero-order valence-electron chi connectivity index (χ0n) is 15.3. The molecule has 0 bridgehead atoms. The number of hydrogen-bond donors (Lipinski definition) is 0. The minimum atomic E-state index is 0.120. The third-order valence-corrected chi connectivity index (χ3v) is 5.33. The number of aryl methyl sites for hydroxylation is 3. The predicted octanol–water partition coefficient (Wildman–Crippen LogP) is 2.61. The Morgan fingerprint density at radius 3 is 3.00 bits per heavy atom. The molecule has 1 aliphatic heterocycles. The summed E-state index contributed by atoms with van der Waals surface area (Å²) in [6.45, 7) is 4.58. The van der Waals surface area contributed by atoms with Crippen LogP contribution in [0.4, 0.5) is 0 Å². The van der Waals surface area contributed by atoms with Crippen molar-refractivity contribution in [2.45, 2.75) is 32.6 Å². The lowest BCUT2D eigenvalue weighted by molar-refractivity contribution is 0.0737. The number of aromatic nitrogens is 2. The van der Waals surface area contributed by atoms with Gasteiger partial charge in [0.15, 0.2) is 0 Å². The highest BCUT2D eigenvalue weighted by Crippen LogP contribution is 2.24. The van der Waals surface area contributed by atoms with Crippen molar-refractivity contribution in [2.75, 3.05) is 26.3 Å². The van der Waals surface area contributed by atoms with E-state index in [1.165, 1.54) is 17.5 Å². The Morgan fingerprint density at radius 2 is 2.12 bits per heavy atom. The Labute approximate surface area is 154 Å². The van der Waals surface area contributed by atoms with Gasteiger partial charge < -0.3 is 9.64 Å². The van der Waals surface area contributed by atoms with Crippen molar-refractivity contribution in [1.82, 2.24) is 14.9 Å². The van der Waals surface area contributed by atoms with Gasteiger partial charge in [0.2, 0.25) is 0 Å². The summed E-state index contributed by atoms with van der Waals surface area (Å²) in [5, 5.41) is 0. The summed E-state index contributed by atoms with van der Waals surface area (Å²) >= 11 is 0. The van der Waals surface area contributed by atoms with E-state index in [1.54, 1.807) is 6.33 Å². The van der Waals surface area contributed by atoms with Crippen LogP contribution in [0.3, 0.4) is 0 Å². The zero-order valence-corrected chi connectivity index (χ0v) is 15.3. The summed E-state index contributed by atoms with van der Waals surface area (Å²) in [4.78, 5) is 23.5. The summed E-state index contributed by atoms with van der Waals surface area (Å²) in [5.41, 5.74) is 5.53. The zero-order chi connectivity index (χ0) is 17.9. The fraction of sp³-hybridized carbons (Fsp3) is 0.476. The smallest absolute Gasteiger partial charge is 0.253 e. The van der Waals surface area contributed by atoms with E-state index < -0.39 is 0 Å². The molecule has 2 heterocycles. The van der Waals surface area contributed by atoms with Crippen LogP contribution in [0.15, 0.2) is 30.6 Å². The van der Waals surface area contributed by atoms with Crippen LogP contribution in [0, 0.1) is 12.8 Å². The SMILES string of the molecule is Cc1cc(CC2COCCN(C(=O)c3ccc4c(c3)CCC4)C2)ncn1. The number of rotatable bonds is 3. The van der Waals surface area contributed by atoms with E-state index >= 15 is 0 Å². The van der Waals surface area contributed by atoms with Crippen molar-refractivity contribution in [2.24, 2.45) is 5.92 Å². The number of amides is 1. The van der Waals surface area contributed by atoms with Gasteiger partial charge in [0.25, 0.3) is 5.91 Å². The number of carbonyl (C=O) groups excluding carboxylic acids is 1. The Bertz CT molecular complexity index is 806. The van der Waals surface area contributed by atoms with Crippen molar-refractivity contribution in [3.8, 4) is 0 Å². The molecule has 0 saturated carbocycles. The molecule has 4 rings (SSSR count). The maximum Gasteiger partial charge on any atom is 0.253 e. The lowest BCUT2D eigenvalue weighted by Gasteiger charge is -2.24. The first-order chi connectivity index (χ1) is 12.7. The van der Waals surface area contributed by atoms with Crippen LogP contribution in [-0.2, 0) is 24.0 Å². The lowest BCUT2D eigenvalue weighted by atomic mass is 10.0. The standard InChI is InChI=1S/C21H25N3O2/c1-15-9-20(23-14-22-15)10-16-12-24(7-8-26-13-16)21(25)19-6-5-17-3-2-4-18(17)11-19/h5-6,9,11,14,16H,2-4,7-8,10,12-13H2,1H3. The molecule has 26 heavy (non-hydrogen) atoms. The van der Waals surface area contributed by atoms with Crippen molar-refractivity contribution in [1.29, 1.82) is 0 Å². The normalized spacial score (nSPS) is 19.9. The molecule has 5 nitrogen and oxygen atoms in total. The maximum absolute atomic E-state index is 13.0. The summed E-state index contributed by atoms with van der Waals surface area (Å²) < 4.78 is 5.76. The van der Waals surface area contributed by atoms with E-state index in [1.807, 2.05) is 24.0 Å². The summed E-state index contributed by atoms with van der Waals surface area (Å²) in [6.07, 6.45) is 5.84. The number of hydrogen-bond acceptors (Lipinski definition) is 4. The first-order valence-corrected chi connectivity index (χ1v) is 9.45. The van der Waals surface area contributed by atoms with Gasteiger partial charge >= 0.3 is 0 Å². The van der Waals surface area contributed by atoms with E-state index in [2.05, 4.69) is 22.1 Å². The highest BCUT2D eigenvalue weighted by molar-refractivity contribution is 5.94. The van der Waals surface area contributed by atoms with Gasteiger partial charge in [-0.25, -0.2) is 9.97 Å². The third-order valence-electron chi connectivity index (χ3n) is 5.33. The molecular weight excluding hydrogens is 326 g/mol. The second kappa shape index (κ2) is 7.54. The van der Waals surface area contributed by atoms with Gasteiger partial charge in [0.1, 0.15) is 6.33 Å². The van der Waals surface area contributed by atoms with Crippen molar-refractivity contribution < 1.29 is 9.53 Å². The van der Waals surface area contributed by atoms with E-state index in [0.29, 0.717) is 26.3 Å². The minimum Gasteiger partial charge on any atom is -0.379 e. The number of benzene rings is 1. The second-order valence-corrected chi connectivity index (χ2v) is 7.38. The van der Waals surface area contributed by atoms with Crippen LogP contribution in [-0.4, -0.2) is 47.1 Å². The quantitative estimate of drug-likeness (QED) is 0.853. The molecule has 1 aromatic carbocycles. The van der Waals surface area contributed by atoms with Crippen molar-refractivity contribution in [3.63, 3.8) is 0 Å². The number of carbonyl (C=O) groups is 1. The maximum atomic E-state index is 13.0. The summed E-state index contributed by atoms with van der Waals surface area (Å²) in [6, 6.07) is 8.23. The first kappa shape index (κ1) is 17.2. The van der Waals surface area contributed by atoms with E-state index in [0.717, 1.165) is 36.2 Å². The molecule has 1 saturated heterocycles. The molecule has 1 amide bonds. The number of ether oxygens (including phenoxy) is 1. The van der Waals surface area contributed by atoms with Gasteiger partial charge in [-0.05, 0) is 61.9 Å². The van der Waals surface area contributed by atoms with Crippen LogP contribution >= 0.6 is 0 Å². The van der Waals surface area contributed by atoms with Crippen molar-refractivity contribution in [3.05, 3.63) is 58.7 Å². The largest absolute Gasteiger partial charge is 0.379 e. The van der Waals surface area contributed by atoms with Crippen molar-refractivity contribution >= 4 is 5.91 Å². The Kier molecular flexibility index (Phi) is 4.98. The predicted molar refractivity (Wildman–Crippen MR) is 99.2 cm³/mol. The molecule has 1 unspecified atom stereocenters. The molecule has 1 fully saturated rings. The van der Waals surface area contributed by atoms with Crippen LogP contribution in [0.2, 0.25) is 0 Å². The number of nitrogens with zero attached hydrogens (tertiary/aromatic N) is 3. The molecular formula is C21H25N3O2. The fourth-order valence-electron chi connectivity index (χ4n) is 3.99.